The summed E-state index contributed by atoms with van der Waals surface area (Å²) < 4.78 is 28.1. The van der Waals surface area contributed by atoms with Crippen LogP contribution in [0.4, 0.5) is 0 Å². The van der Waals surface area contributed by atoms with Crippen LogP contribution in [0.5, 0.6) is 0 Å². The zero-order valence-corrected chi connectivity index (χ0v) is 13.9. The molecule has 1 aliphatic heterocycles. The van der Waals surface area contributed by atoms with Crippen molar-refractivity contribution in [1.82, 2.24) is 0 Å². The van der Waals surface area contributed by atoms with E-state index in [0.29, 0.717) is 39.0 Å². The Bertz CT molecular complexity index is 217. The van der Waals surface area contributed by atoms with Gasteiger partial charge < -0.3 is 23.4 Å². The molecule has 0 aromatic carbocycles. The molecule has 0 aliphatic carbocycles. The molecule has 0 N–H and O–H groups in total. The fraction of sp³-hybridized carbons (Fsp3) is 1.00. The van der Waals surface area contributed by atoms with Crippen molar-refractivity contribution in [2.45, 2.75) is 51.7 Å². The highest BCUT2D eigenvalue weighted by Crippen LogP contribution is 2.21. The summed E-state index contributed by atoms with van der Waals surface area (Å²) in [4.78, 5) is 0. The van der Waals surface area contributed by atoms with Crippen molar-refractivity contribution in [3.8, 4) is 0 Å². The minimum atomic E-state index is -0.894. The number of rotatable bonds is 13. The lowest BCUT2D eigenvalue weighted by Gasteiger charge is -2.33. The van der Waals surface area contributed by atoms with E-state index in [1.165, 1.54) is 0 Å². The molecule has 1 aliphatic rings. The third-order valence-electron chi connectivity index (χ3n) is 2.81. The highest BCUT2D eigenvalue weighted by atomic mass is 28.2. The number of hydrogen-bond acceptors (Lipinski definition) is 5. The Morgan fingerprint density at radius 3 is 2.42 bits per heavy atom. The second-order valence-electron chi connectivity index (χ2n) is 4.53. The van der Waals surface area contributed by atoms with Gasteiger partial charge in [0.05, 0.1) is 26.2 Å². The van der Waals surface area contributed by atoms with Gasteiger partial charge in [0.1, 0.15) is 6.10 Å². The van der Waals surface area contributed by atoms with Gasteiger partial charge in [0.15, 0.2) is 9.76 Å². The van der Waals surface area contributed by atoms with E-state index >= 15 is 0 Å². The van der Waals surface area contributed by atoms with Crippen molar-refractivity contribution in [3.05, 3.63) is 0 Å². The van der Waals surface area contributed by atoms with Crippen LogP contribution < -0.4 is 0 Å². The molecule has 1 unspecified atom stereocenters. The molecule has 0 aromatic heterocycles. The molecule has 0 amide bonds. The topological polar surface area (TPSA) is 49.5 Å². The fourth-order valence-corrected chi connectivity index (χ4v) is 2.78. The van der Waals surface area contributed by atoms with Gasteiger partial charge in [-0.15, -0.1) is 0 Å². The molecule has 6 heteroatoms. The molecular weight excluding hydrogens is 264 g/mol. The molecule has 1 atom stereocenters. The summed E-state index contributed by atoms with van der Waals surface area (Å²) in [5, 5.41) is 0. The third kappa shape index (κ3) is 7.39. The largest absolute Gasteiger partial charge is 0.378 e. The van der Waals surface area contributed by atoms with Gasteiger partial charge in [-0.1, -0.05) is 13.3 Å². The van der Waals surface area contributed by atoms with Crippen LogP contribution in [-0.4, -0.2) is 54.9 Å². The molecule has 0 aromatic rings. The van der Waals surface area contributed by atoms with Crippen molar-refractivity contribution in [2.24, 2.45) is 0 Å². The first kappa shape index (κ1) is 17.1. The minimum absolute atomic E-state index is 0.295. The number of ether oxygens (including phenoxy) is 4. The molecule has 1 rings (SSSR count). The third-order valence-corrected chi connectivity index (χ3v) is 4.45. The van der Waals surface area contributed by atoms with Gasteiger partial charge in [0.2, 0.25) is 0 Å². The van der Waals surface area contributed by atoms with E-state index in [1.54, 1.807) is 0 Å². The molecule has 19 heavy (non-hydrogen) atoms. The predicted octanol–water partition coefficient (Wildman–Crippen LogP) is 1.45. The van der Waals surface area contributed by atoms with Crippen LogP contribution in [0, 0.1) is 0 Å². The van der Waals surface area contributed by atoms with E-state index in [1.807, 2.05) is 13.8 Å². The average molecular weight is 292 g/mol. The maximum Gasteiger partial charge on any atom is 0.275 e. The minimum Gasteiger partial charge on any atom is -0.378 e. The lowest BCUT2D eigenvalue weighted by Crippen LogP contribution is -2.41. The molecule has 0 bridgehead atoms. The van der Waals surface area contributed by atoms with Crippen LogP contribution in [-0.2, 0) is 23.4 Å². The molecule has 5 nitrogen and oxygen atoms in total. The molecule has 0 saturated carbocycles. The van der Waals surface area contributed by atoms with E-state index in [4.69, 9.17) is 23.4 Å². The van der Waals surface area contributed by atoms with E-state index in [2.05, 4.69) is 6.92 Å². The van der Waals surface area contributed by atoms with Gasteiger partial charge in [-0.2, -0.15) is 0 Å². The lowest BCUT2D eigenvalue weighted by molar-refractivity contribution is -0.348. The summed E-state index contributed by atoms with van der Waals surface area (Å²) in [5.74, 6) is -0.894. The molecule has 1 heterocycles. The summed E-state index contributed by atoms with van der Waals surface area (Å²) >= 11 is 0. The smallest absolute Gasteiger partial charge is 0.275 e. The van der Waals surface area contributed by atoms with Crippen molar-refractivity contribution in [2.75, 3.05) is 33.0 Å². The summed E-state index contributed by atoms with van der Waals surface area (Å²) in [6.45, 7) is 9.27. The molecule has 1 saturated heterocycles. The van der Waals surface area contributed by atoms with Crippen LogP contribution in [0.2, 0.25) is 6.04 Å². The molecule has 0 radical (unpaired) electrons. The lowest BCUT2D eigenvalue weighted by atomic mass is 10.4. The van der Waals surface area contributed by atoms with E-state index < -0.39 is 15.7 Å². The Kier molecular flexibility index (Phi) is 8.85. The summed E-state index contributed by atoms with van der Waals surface area (Å²) in [6, 6.07) is 1.14. The Morgan fingerprint density at radius 2 is 1.89 bits per heavy atom. The Labute approximate surface area is 118 Å². The molecule has 1 fully saturated rings. The van der Waals surface area contributed by atoms with Gasteiger partial charge in [-0.25, -0.2) is 0 Å². The zero-order chi connectivity index (χ0) is 14.0. The SMILES string of the molecule is CCC[SiH2]OC(CCOCC1CO1)(OCC)OCC. The predicted molar refractivity (Wildman–Crippen MR) is 75.9 cm³/mol. The van der Waals surface area contributed by atoms with Gasteiger partial charge in [-0.3, -0.25) is 0 Å². The summed E-state index contributed by atoms with van der Waals surface area (Å²) in [6.07, 6.45) is 2.05. The summed E-state index contributed by atoms with van der Waals surface area (Å²) in [7, 11) is -0.601. The summed E-state index contributed by atoms with van der Waals surface area (Å²) in [5.41, 5.74) is 0. The molecule has 0 spiro atoms. The first-order valence-corrected chi connectivity index (χ1v) is 8.95. The normalized spacial score (nSPS) is 19.4. The van der Waals surface area contributed by atoms with Crippen molar-refractivity contribution < 1.29 is 23.4 Å². The quantitative estimate of drug-likeness (QED) is 0.222. The van der Waals surface area contributed by atoms with Gasteiger partial charge in [0.25, 0.3) is 5.97 Å². The van der Waals surface area contributed by atoms with Gasteiger partial charge >= 0.3 is 0 Å². The first-order chi connectivity index (χ1) is 9.26. The Morgan fingerprint density at radius 1 is 1.21 bits per heavy atom. The second kappa shape index (κ2) is 9.85. The first-order valence-electron chi connectivity index (χ1n) is 7.37. The van der Waals surface area contributed by atoms with Crippen LogP contribution in [0.1, 0.15) is 33.6 Å². The standard InChI is InChI=1S/C13H28O5Si/c1-4-9-19-18-13(16-5-2,17-6-3)7-8-14-10-12-11-15-12/h12H,4-11,19H2,1-3H3. The van der Waals surface area contributed by atoms with E-state index in [0.717, 1.165) is 19.1 Å². The van der Waals surface area contributed by atoms with Crippen LogP contribution in [0.3, 0.4) is 0 Å². The Hall–Kier alpha value is 0.0169. The maximum atomic E-state index is 5.96. The van der Waals surface area contributed by atoms with E-state index in [9.17, 15) is 0 Å². The average Bonchev–Trinajstić information content (AvgIpc) is 3.20. The van der Waals surface area contributed by atoms with Gasteiger partial charge in [0, 0.05) is 13.2 Å². The highest BCUT2D eigenvalue weighted by molar-refractivity contribution is 6.27. The van der Waals surface area contributed by atoms with Crippen LogP contribution in [0.25, 0.3) is 0 Å². The highest BCUT2D eigenvalue weighted by Gasteiger charge is 2.32. The van der Waals surface area contributed by atoms with E-state index in [-0.39, 0.29) is 0 Å². The number of epoxide rings is 1. The van der Waals surface area contributed by atoms with Crippen molar-refractivity contribution >= 4 is 9.76 Å². The Balaban J connectivity index is 2.33. The molecular formula is C13H28O5Si. The zero-order valence-electron chi connectivity index (χ0n) is 12.5. The van der Waals surface area contributed by atoms with Crippen molar-refractivity contribution in [3.63, 3.8) is 0 Å². The monoisotopic (exact) mass is 292 g/mol. The second-order valence-corrected chi connectivity index (χ2v) is 5.94. The van der Waals surface area contributed by atoms with Gasteiger partial charge in [-0.05, 0) is 19.9 Å². The molecule has 114 valence electrons. The van der Waals surface area contributed by atoms with Crippen LogP contribution in [0.15, 0.2) is 0 Å². The number of hydrogen-bond donors (Lipinski definition) is 0. The van der Waals surface area contributed by atoms with Crippen LogP contribution >= 0.6 is 0 Å². The van der Waals surface area contributed by atoms with Crippen molar-refractivity contribution in [1.29, 1.82) is 0 Å². The maximum absolute atomic E-state index is 5.96. The fourth-order valence-electron chi connectivity index (χ4n) is 1.73.